The molecule has 1 atom stereocenters. The van der Waals surface area contributed by atoms with Crippen molar-refractivity contribution < 1.29 is 9.47 Å². The fraction of sp³-hybridized carbons (Fsp3) is 0.368. The minimum absolute atomic E-state index is 0.105. The Bertz CT molecular complexity index is 730. The Hall–Kier alpha value is -2.40. The number of nitrogens with zero attached hydrogens (tertiary/aromatic N) is 1. The van der Waals surface area contributed by atoms with Gasteiger partial charge in [0.15, 0.2) is 0 Å². The summed E-state index contributed by atoms with van der Waals surface area (Å²) < 4.78 is 11.8. The fourth-order valence-corrected chi connectivity index (χ4v) is 3.41. The van der Waals surface area contributed by atoms with Crippen LogP contribution >= 0.6 is 0 Å². The Morgan fingerprint density at radius 1 is 1.29 bits per heavy atom. The molecule has 3 aliphatic rings. The minimum Gasteiger partial charge on any atom is -0.487 e. The first-order valence-electron chi connectivity index (χ1n) is 8.45. The van der Waals surface area contributed by atoms with E-state index in [2.05, 4.69) is 28.7 Å². The highest BCUT2D eigenvalue weighted by atomic mass is 16.5. The van der Waals surface area contributed by atoms with Crippen molar-refractivity contribution in [2.24, 2.45) is 0 Å². The molecular weight excluding hydrogens is 302 g/mol. The van der Waals surface area contributed by atoms with Gasteiger partial charge in [0.2, 0.25) is 0 Å². The van der Waals surface area contributed by atoms with E-state index < -0.39 is 0 Å². The molecule has 1 aromatic rings. The predicted octanol–water partition coefficient (Wildman–Crippen LogP) is 2.48. The van der Waals surface area contributed by atoms with Gasteiger partial charge in [-0.15, -0.1) is 0 Å². The number of fused-ring (bicyclic) bond motifs is 1. The zero-order chi connectivity index (χ0) is 16.5. The zero-order valence-corrected chi connectivity index (χ0v) is 13.9. The SMILES string of the molecule is CN1C=C2NCC=C2C(c2cc(N)ccc2OC2CCCOC2)=C1. The van der Waals surface area contributed by atoms with E-state index in [0.717, 1.165) is 54.3 Å². The number of nitrogens with two attached hydrogens (primary N) is 1. The molecule has 3 N–H and O–H groups in total. The van der Waals surface area contributed by atoms with Gasteiger partial charge in [-0.05, 0) is 31.0 Å². The van der Waals surface area contributed by atoms with Gasteiger partial charge in [0.25, 0.3) is 0 Å². The summed E-state index contributed by atoms with van der Waals surface area (Å²) in [5.41, 5.74) is 11.3. The molecule has 5 nitrogen and oxygen atoms in total. The molecule has 5 heteroatoms. The summed E-state index contributed by atoms with van der Waals surface area (Å²) in [5.74, 6) is 0.869. The summed E-state index contributed by atoms with van der Waals surface area (Å²) in [4.78, 5) is 2.07. The Kier molecular flexibility index (Phi) is 3.94. The van der Waals surface area contributed by atoms with Crippen LogP contribution in [0.1, 0.15) is 18.4 Å². The molecule has 0 bridgehead atoms. The molecule has 0 spiro atoms. The fourth-order valence-electron chi connectivity index (χ4n) is 3.41. The standard InChI is InChI=1S/C19H23N3O2/c1-22-10-17(15-6-7-21-18(15)11-22)16-9-13(20)4-5-19(16)24-14-3-2-8-23-12-14/h4-6,9-11,14,21H,2-3,7-8,12,20H2,1H3. The van der Waals surface area contributed by atoms with Gasteiger partial charge in [-0.3, -0.25) is 0 Å². The topological polar surface area (TPSA) is 59.8 Å². The van der Waals surface area contributed by atoms with Crippen molar-refractivity contribution in [1.82, 2.24) is 10.2 Å². The van der Waals surface area contributed by atoms with Crippen molar-refractivity contribution in [3.8, 4) is 5.75 Å². The highest BCUT2D eigenvalue weighted by Crippen LogP contribution is 2.39. The Morgan fingerprint density at radius 2 is 2.21 bits per heavy atom. The lowest BCUT2D eigenvalue weighted by atomic mass is 9.94. The molecule has 3 heterocycles. The summed E-state index contributed by atoms with van der Waals surface area (Å²) in [6.45, 7) is 2.33. The molecule has 0 aromatic heterocycles. The van der Waals surface area contributed by atoms with Gasteiger partial charge in [0.1, 0.15) is 11.9 Å². The van der Waals surface area contributed by atoms with Gasteiger partial charge in [0.05, 0.1) is 12.3 Å². The first-order chi connectivity index (χ1) is 11.7. The first-order valence-corrected chi connectivity index (χ1v) is 8.45. The average molecular weight is 325 g/mol. The van der Waals surface area contributed by atoms with Gasteiger partial charge in [0, 0.05) is 55.0 Å². The lowest BCUT2D eigenvalue weighted by Gasteiger charge is -2.27. The van der Waals surface area contributed by atoms with Crippen molar-refractivity contribution in [3.63, 3.8) is 0 Å². The molecule has 0 saturated carbocycles. The number of rotatable bonds is 3. The van der Waals surface area contributed by atoms with Crippen molar-refractivity contribution in [1.29, 1.82) is 0 Å². The summed E-state index contributed by atoms with van der Waals surface area (Å²) in [7, 11) is 2.03. The first kappa shape index (κ1) is 15.1. The molecule has 0 amide bonds. The van der Waals surface area contributed by atoms with Gasteiger partial charge < -0.3 is 25.4 Å². The van der Waals surface area contributed by atoms with Gasteiger partial charge in [-0.1, -0.05) is 6.08 Å². The molecular formula is C19H23N3O2. The summed E-state index contributed by atoms with van der Waals surface area (Å²) in [6.07, 6.45) is 8.61. The zero-order valence-electron chi connectivity index (χ0n) is 13.9. The van der Waals surface area contributed by atoms with Crippen molar-refractivity contribution in [3.05, 3.63) is 53.5 Å². The molecule has 1 saturated heterocycles. The van der Waals surface area contributed by atoms with Crippen LogP contribution in [0.2, 0.25) is 0 Å². The van der Waals surface area contributed by atoms with E-state index >= 15 is 0 Å². The quantitative estimate of drug-likeness (QED) is 0.836. The van der Waals surface area contributed by atoms with Crippen LogP contribution in [0.4, 0.5) is 5.69 Å². The Labute approximate surface area is 142 Å². The third-order valence-corrected chi connectivity index (χ3v) is 4.55. The molecule has 0 radical (unpaired) electrons. The van der Waals surface area contributed by atoms with E-state index in [1.54, 1.807) is 0 Å². The molecule has 126 valence electrons. The number of anilines is 1. The molecule has 4 rings (SSSR count). The predicted molar refractivity (Wildman–Crippen MR) is 95.2 cm³/mol. The van der Waals surface area contributed by atoms with E-state index in [9.17, 15) is 0 Å². The summed E-state index contributed by atoms with van der Waals surface area (Å²) in [6, 6.07) is 5.87. The molecule has 3 aliphatic heterocycles. The van der Waals surface area contributed by atoms with Crippen LogP contribution in [0.15, 0.2) is 47.9 Å². The van der Waals surface area contributed by atoms with E-state index in [-0.39, 0.29) is 6.10 Å². The Morgan fingerprint density at radius 3 is 3.04 bits per heavy atom. The second kappa shape index (κ2) is 6.24. The van der Waals surface area contributed by atoms with Crippen LogP contribution in [0, 0.1) is 0 Å². The number of nitrogens with one attached hydrogen (secondary N) is 1. The third kappa shape index (κ3) is 2.87. The third-order valence-electron chi connectivity index (χ3n) is 4.55. The van der Waals surface area contributed by atoms with Crippen LogP contribution in [-0.4, -0.2) is 37.8 Å². The van der Waals surface area contributed by atoms with Crippen LogP contribution in [0.25, 0.3) is 5.57 Å². The second-order valence-electron chi connectivity index (χ2n) is 6.46. The van der Waals surface area contributed by atoms with E-state index in [1.807, 2.05) is 25.2 Å². The average Bonchev–Trinajstić information content (AvgIpc) is 3.05. The number of hydrogen-bond acceptors (Lipinski definition) is 5. The molecule has 1 unspecified atom stereocenters. The lowest BCUT2D eigenvalue weighted by molar-refractivity contribution is 0.00733. The highest BCUT2D eigenvalue weighted by molar-refractivity contribution is 5.88. The van der Waals surface area contributed by atoms with E-state index in [4.69, 9.17) is 15.2 Å². The number of benzene rings is 1. The highest BCUT2D eigenvalue weighted by Gasteiger charge is 2.25. The van der Waals surface area contributed by atoms with E-state index in [0.29, 0.717) is 6.61 Å². The largest absolute Gasteiger partial charge is 0.487 e. The molecule has 0 aliphatic carbocycles. The van der Waals surface area contributed by atoms with Crippen LogP contribution in [0.3, 0.4) is 0 Å². The number of hydrogen-bond donors (Lipinski definition) is 2. The monoisotopic (exact) mass is 325 g/mol. The lowest BCUT2D eigenvalue weighted by Crippen LogP contribution is -2.28. The van der Waals surface area contributed by atoms with Crippen LogP contribution in [0.5, 0.6) is 5.75 Å². The molecule has 1 aromatic carbocycles. The minimum atomic E-state index is 0.105. The maximum absolute atomic E-state index is 6.27. The summed E-state index contributed by atoms with van der Waals surface area (Å²) in [5, 5.41) is 3.40. The van der Waals surface area contributed by atoms with Gasteiger partial charge >= 0.3 is 0 Å². The van der Waals surface area contributed by atoms with Gasteiger partial charge in [-0.2, -0.15) is 0 Å². The Balaban J connectivity index is 1.70. The summed E-state index contributed by atoms with van der Waals surface area (Å²) >= 11 is 0. The molecule has 24 heavy (non-hydrogen) atoms. The van der Waals surface area contributed by atoms with Gasteiger partial charge in [-0.25, -0.2) is 0 Å². The normalized spacial score (nSPS) is 23.0. The smallest absolute Gasteiger partial charge is 0.127 e. The maximum Gasteiger partial charge on any atom is 0.127 e. The van der Waals surface area contributed by atoms with Crippen LogP contribution in [-0.2, 0) is 4.74 Å². The van der Waals surface area contributed by atoms with E-state index in [1.165, 1.54) is 5.57 Å². The van der Waals surface area contributed by atoms with Crippen molar-refractivity contribution >= 4 is 11.3 Å². The second-order valence-corrected chi connectivity index (χ2v) is 6.46. The van der Waals surface area contributed by atoms with Crippen molar-refractivity contribution in [2.45, 2.75) is 18.9 Å². The molecule has 1 fully saturated rings. The number of nitrogen functional groups attached to an aromatic ring is 1. The number of ether oxygens (including phenoxy) is 2. The maximum atomic E-state index is 6.27. The number of allylic oxidation sites excluding steroid dienone is 1. The van der Waals surface area contributed by atoms with Crippen molar-refractivity contribution in [2.75, 3.05) is 32.5 Å². The van der Waals surface area contributed by atoms with Crippen LogP contribution < -0.4 is 15.8 Å².